The summed E-state index contributed by atoms with van der Waals surface area (Å²) in [7, 11) is 0. The quantitative estimate of drug-likeness (QED) is 0.165. The van der Waals surface area contributed by atoms with Gasteiger partial charge in [0.1, 0.15) is 0 Å². The third kappa shape index (κ3) is 6.52. The molecule has 0 bridgehead atoms. The van der Waals surface area contributed by atoms with E-state index in [0.29, 0.717) is 13.2 Å². The van der Waals surface area contributed by atoms with Crippen LogP contribution >= 0.6 is 0 Å². The summed E-state index contributed by atoms with van der Waals surface area (Å²) in [6.45, 7) is 30.1. The van der Waals surface area contributed by atoms with Crippen molar-refractivity contribution in [1.29, 1.82) is 0 Å². The lowest BCUT2D eigenvalue weighted by Crippen LogP contribution is -2.62. The molecule has 0 N–H and O–H groups in total. The minimum Gasteiger partial charge on any atom is -0.489 e. The molecule has 0 unspecified atom stereocenters. The van der Waals surface area contributed by atoms with E-state index in [0.717, 1.165) is 42.1 Å². The second-order valence-corrected chi connectivity index (χ2v) is 23.8. The molecule has 0 saturated heterocycles. The Morgan fingerprint density at radius 3 is 1.83 bits per heavy atom. The second kappa shape index (κ2) is 14.3. The number of ether oxygens (including phenoxy) is 2. The molecule has 0 saturated carbocycles. The van der Waals surface area contributed by atoms with Crippen LogP contribution in [0.25, 0.3) is 11.1 Å². The number of rotatable bonds is 3. The first-order valence-electron chi connectivity index (χ1n) is 24.5. The van der Waals surface area contributed by atoms with Crippen LogP contribution in [0.15, 0.2) is 103 Å². The molecule has 3 heterocycles. The highest BCUT2D eigenvalue weighted by Gasteiger charge is 2.48. The highest BCUT2D eigenvalue weighted by molar-refractivity contribution is 7.00. The van der Waals surface area contributed by atoms with Crippen LogP contribution in [0, 0.1) is 6.92 Å². The molecular formula is C60H67BN2O2. The van der Waals surface area contributed by atoms with Gasteiger partial charge in [0.05, 0.1) is 24.6 Å². The van der Waals surface area contributed by atoms with Gasteiger partial charge >= 0.3 is 0 Å². The van der Waals surface area contributed by atoms with Crippen LogP contribution < -0.4 is 35.7 Å². The molecular weight excluding hydrogens is 791 g/mol. The predicted octanol–water partition coefficient (Wildman–Crippen LogP) is 13.9. The Morgan fingerprint density at radius 2 is 1.15 bits per heavy atom. The molecule has 0 fully saturated rings. The maximum atomic E-state index is 6.95. The maximum Gasteiger partial charge on any atom is 0.252 e. The topological polar surface area (TPSA) is 24.9 Å². The SMILES string of the molecule is Cc1cc2c3c(c1)N(c1ccc(C(C)(C)C)cc1-c1ccccc1)c1c(ccc4c1OCCCO4)B3c1cc3c(cc1N2c1ccc2c(c1)C(C)(C)CCC2(C)C)C(C)(C)CCC3(C)C. The van der Waals surface area contributed by atoms with Crippen LogP contribution in [0.2, 0.25) is 0 Å². The molecule has 4 nitrogen and oxygen atoms in total. The van der Waals surface area contributed by atoms with Crippen LogP contribution in [-0.4, -0.2) is 19.9 Å². The molecule has 5 aliphatic rings. The van der Waals surface area contributed by atoms with Crippen molar-refractivity contribution in [3.63, 3.8) is 0 Å². The molecule has 6 aromatic rings. The van der Waals surface area contributed by atoms with Gasteiger partial charge in [-0.25, -0.2) is 0 Å². The summed E-state index contributed by atoms with van der Waals surface area (Å²) in [4.78, 5) is 5.23. The summed E-state index contributed by atoms with van der Waals surface area (Å²) in [6, 6.07) is 40.4. The number of aryl methyl sites for hydroxylation is 1. The van der Waals surface area contributed by atoms with Crippen LogP contribution in [0.3, 0.4) is 0 Å². The van der Waals surface area contributed by atoms with Crippen molar-refractivity contribution in [2.24, 2.45) is 0 Å². The van der Waals surface area contributed by atoms with Gasteiger partial charge in [0, 0.05) is 34.7 Å². The second-order valence-electron chi connectivity index (χ2n) is 23.8. The Kier molecular flexibility index (Phi) is 9.29. The van der Waals surface area contributed by atoms with Crippen molar-refractivity contribution in [3.8, 4) is 22.6 Å². The summed E-state index contributed by atoms with van der Waals surface area (Å²) in [5, 5.41) is 0. The van der Waals surface area contributed by atoms with E-state index < -0.39 is 0 Å². The van der Waals surface area contributed by atoms with Gasteiger partial charge in [-0.05, 0) is 164 Å². The largest absolute Gasteiger partial charge is 0.489 e. The molecule has 0 amide bonds. The molecule has 0 radical (unpaired) electrons. The van der Waals surface area contributed by atoms with Crippen molar-refractivity contribution >= 4 is 57.2 Å². The van der Waals surface area contributed by atoms with Gasteiger partial charge in [0.2, 0.25) is 0 Å². The van der Waals surface area contributed by atoms with Crippen molar-refractivity contribution in [2.45, 2.75) is 142 Å². The minimum absolute atomic E-state index is 0.0339. The number of benzene rings is 6. The molecule has 332 valence electrons. The van der Waals surface area contributed by atoms with Gasteiger partial charge in [0.25, 0.3) is 6.71 Å². The van der Waals surface area contributed by atoms with E-state index in [-0.39, 0.29) is 33.8 Å². The first-order valence-corrected chi connectivity index (χ1v) is 24.5. The van der Waals surface area contributed by atoms with E-state index in [1.807, 2.05) is 0 Å². The average Bonchev–Trinajstić information content (AvgIpc) is 3.52. The van der Waals surface area contributed by atoms with E-state index in [4.69, 9.17) is 9.47 Å². The predicted molar refractivity (Wildman–Crippen MR) is 276 cm³/mol. The molecule has 2 aliphatic carbocycles. The zero-order valence-electron chi connectivity index (χ0n) is 41.1. The van der Waals surface area contributed by atoms with E-state index in [9.17, 15) is 0 Å². The van der Waals surface area contributed by atoms with Crippen molar-refractivity contribution in [1.82, 2.24) is 0 Å². The first-order chi connectivity index (χ1) is 30.7. The molecule has 0 aromatic heterocycles. The third-order valence-electron chi connectivity index (χ3n) is 16.3. The Balaban J connectivity index is 1.27. The average molecular weight is 859 g/mol. The molecule has 65 heavy (non-hydrogen) atoms. The normalized spacial score (nSPS) is 19.3. The van der Waals surface area contributed by atoms with E-state index >= 15 is 0 Å². The Hall–Kier alpha value is -5.42. The zero-order valence-corrected chi connectivity index (χ0v) is 41.1. The lowest BCUT2D eigenvalue weighted by atomic mass is 9.33. The number of anilines is 6. The van der Waals surface area contributed by atoms with Gasteiger partial charge in [-0.1, -0.05) is 131 Å². The lowest BCUT2D eigenvalue weighted by molar-refractivity contribution is 0.297. The number of hydrogen-bond donors (Lipinski definition) is 0. The highest BCUT2D eigenvalue weighted by atomic mass is 16.5. The summed E-state index contributed by atoms with van der Waals surface area (Å²) in [5.74, 6) is 1.66. The number of fused-ring (bicyclic) bond motifs is 8. The standard InChI is InChI=1S/C60H67BN2O2/c1-37-31-50-53-51(32-37)63(48-23-19-39(56(2,3)4)33-41(48)38-17-14-13-15-18-38)54-46(22-24-52-55(54)65-30-16-29-64-52)61(53)47-35-44-45(60(11,12)28-27-59(44,9)10)36-49(47)62(50)40-20-21-42-43(34-40)58(7,8)26-25-57(42,5)6/h13-15,17-24,31-36H,16,25-30H2,1-12H3. The number of hydrogen-bond acceptors (Lipinski definition) is 4. The van der Waals surface area contributed by atoms with Crippen LogP contribution in [0.4, 0.5) is 34.1 Å². The highest BCUT2D eigenvalue weighted by Crippen LogP contribution is 2.55. The fourth-order valence-corrected chi connectivity index (χ4v) is 12.2. The summed E-state index contributed by atoms with van der Waals surface area (Å²) < 4.78 is 13.5. The molecule has 5 heteroatoms. The smallest absolute Gasteiger partial charge is 0.252 e. The fourth-order valence-electron chi connectivity index (χ4n) is 12.2. The Bertz CT molecular complexity index is 2930. The maximum absolute atomic E-state index is 6.95. The molecule has 11 rings (SSSR count). The van der Waals surface area contributed by atoms with Gasteiger partial charge in [-0.2, -0.15) is 0 Å². The van der Waals surface area contributed by atoms with E-state index in [2.05, 4.69) is 196 Å². The molecule has 3 aliphatic heterocycles. The minimum atomic E-state index is -0.0385. The van der Waals surface area contributed by atoms with Gasteiger partial charge in [-0.15, -0.1) is 0 Å². The van der Waals surface area contributed by atoms with Crippen molar-refractivity contribution < 1.29 is 9.47 Å². The lowest BCUT2D eigenvalue weighted by Gasteiger charge is -2.48. The first kappa shape index (κ1) is 42.2. The summed E-state index contributed by atoms with van der Waals surface area (Å²) in [6.07, 6.45) is 5.53. The third-order valence-corrected chi connectivity index (χ3v) is 16.3. The molecule has 0 atom stereocenters. The van der Waals surface area contributed by atoms with Gasteiger partial charge in [-0.3, -0.25) is 0 Å². The monoisotopic (exact) mass is 859 g/mol. The summed E-state index contributed by atoms with van der Waals surface area (Å²) in [5.41, 5.74) is 22.3. The van der Waals surface area contributed by atoms with Crippen LogP contribution in [-0.2, 0) is 27.1 Å². The van der Waals surface area contributed by atoms with Gasteiger partial charge < -0.3 is 19.3 Å². The summed E-state index contributed by atoms with van der Waals surface area (Å²) >= 11 is 0. The Labute approximate surface area is 389 Å². The Morgan fingerprint density at radius 1 is 0.538 bits per heavy atom. The van der Waals surface area contributed by atoms with Gasteiger partial charge in [0.15, 0.2) is 11.5 Å². The van der Waals surface area contributed by atoms with Crippen LogP contribution in [0.5, 0.6) is 11.5 Å². The molecule has 6 aromatic carbocycles. The van der Waals surface area contributed by atoms with Crippen molar-refractivity contribution in [3.05, 3.63) is 137 Å². The van der Waals surface area contributed by atoms with Crippen LogP contribution in [0.1, 0.15) is 142 Å². The molecule has 0 spiro atoms. The van der Waals surface area contributed by atoms with Crippen molar-refractivity contribution in [2.75, 3.05) is 23.0 Å². The zero-order chi connectivity index (χ0) is 45.6. The van der Waals surface area contributed by atoms with E-state index in [1.54, 1.807) is 0 Å². The van der Waals surface area contributed by atoms with E-state index in [1.165, 1.54) is 96.5 Å². The number of nitrogens with zero attached hydrogens (tertiary/aromatic N) is 2. The fraction of sp³-hybridized carbons (Fsp3) is 0.400.